The van der Waals surface area contributed by atoms with Crippen molar-refractivity contribution in [2.24, 2.45) is 0 Å². The first kappa shape index (κ1) is 14.2. The lowest BCUT2D eigenvalue weighted by Gasteiger charge is -2.33. The Morgan fingerprint density at radius 1 is 1.47 bits per heavy atom. The molecular weight excluding hydrogens is 242 g/mol. The Morgan fingerprint density at radius 2 is 2.18 bits per heavy atom. The fraction of sp³-hybridized carbons (Fsp3) is 0.818. The summed E-state index contributed by atoms with van der Waals surface area (Å²) < 4.78 is 9.62. The van der Waals surface area contributed by atoms with E-state index in [1.807, 2.05) is 6.92 Å². The van der Waals surface area contributed by atoms with E-state index in [1.165, 1.54) is 18.9 Å². The number of hydrogen-bond donors (Lipinski definition) is 0. The number of rotatable bonds is 4. The lowest BCUT2D eigenvalue weighted by Crippen LogP contribution is -2.43. The molecule has 98 valence electrons. The quantitative estimate of drug-likeness (QED) is 0.723. The second-order valence-electron chi connectivity index (χ2n) is 3.99. The topological polar surface area (TPSA) is 55.8 Å². The molecule has 1 amide bonds. The molecular formula is C11H19NO4S. The van der Waals surface area contributed by atoms with E-state index in [0.717, 1.165) is 12.8 Å². The van der Waals surface area contributed by atoms with Gasteiger partial charge in [-0.3, -0.25) is 9.69 Å². The summed E-state index contributed by atoms with van der Waals surface area (Å²) in [5, 5.41) is 0. The number of esters is 1. The molecule has 0 spiro atoms. The third-order valence-corrected chi connectivity index (χ3v) is 4.24. The van der Waals surface area contributed by atoms with Crippen molar-refractivity contribution < 1.29 is 19.1 Å². The summed E-state index contributed by atoms with van der Waals surface area (Å²) in [5.74, 6) is -0.0185. The van der Waals surface area contributed by atoms with Crippen molar-refractivity contribution in [3.8, 4) is 0 Å². The Kier molecular flexibility index (Phi) is 5.11. The summed E-state index contributed by atoms with van der Waals surface area (Å²) in [4.78, 5) is 24.2. The second kappa shape index (κ2) is 6.14. The Balaban J connectivity index is 2.59. The van der Waals surface area contributed by atoms with Crippen LogP contribution in [0.3, 0.4) is 0 Å². The van der Waals surface area contributed by atoms with Gasteiger partial charge >= 0.3 is 12.1 Å². The third-order valence-electron chi connectivity index (χ3n) is 2.81. The summed E-state index contributed by atoms with van der Waals surface area (Å²) in [7, 11) is 1.36. The van der Waals surface area contributed by atoms with Gasteiger partial charge in [0.25, 0.3) is 0 Å². The van der Waals surface area contributed by atoms with Gasteiger partial charge in [0.15, 0.2) is 0 Å². The van der Waals surface area contributed by atoms with E-state index in [4.69, 9.17) is 4.74 Å². The van der Waals surface area contributed by atoms with Crippen molar-refractivity contribution in [3.63, 3.8) is 0 Å². The smallest absolute Gasteiger partial charge is 0.410 e. The van der Waals surface area contributed by atoms with Gasteiger partial charge in [0.1, 0.15) is 0 Å². The van der Waals surface area contributed by atoms with Crippen molar-refractivity contribution >= 4 is 23.8 Å². The number of hydrogen-bond acceptors (Lipinski definition) is 5. The highest BCUT2D eigenvalue weighted by Gasteiger charge is 2.41. The highest BCUT2D eigenvalue weighted by molar-refractivity contribution is 8.01. The Labute approximate surface area is 106 Å². The van der Waals surface area contributed by atoms with E-state index in [2.05, 4.69) is 4.74 Å². The molecule has 6 heteroatoms. The van der Waals surface area contributed by atoms with Crippen molar-refractivity contribution in [1.82, 2.24) is 4.90 Å². The van der Waals surface area contributed by atoms with Crippen LogP contribution < -0.4 is 0 Å². The van der Waals surface area contributed by atoms with Crippen LogP contribution in [0.25, 0.3) is 0 Å². The van der Waals surface area contributed by atoms with E-state index in [0.29, 0.717) is 13.2 Å². The number of carbonyl (C=O) groups excluding carboxylic acids is 2. The zero-order valence-electron chi connectivity index (χ0n) is 10.5. The fourth-order valence-electron chi connectivity index (χ4n) is 1.85. The van der Waals surface area contributed by atoms with Gasteiger partial charge < -0.3 is 9.47 Å². The van der Waals surface area contributed by atoms with Crippen molar-refractivity contribution in [2.45, 2.75) is 31.6 Å². The highest BCUT2D eigenvalue weighted by Crippen LogP contribution is 2.39. The van der Waals surface area contributed by atoms with E-state index in [9.17, 15) is 9.59 Å². The molecule has 1 aliphatic heterocycles. The standard InChI is InChI=1S/C11H19NO4S/c1-4-16-10(14)12-7-5-6-11(12,2)17-8-9(13)15-3/h4-8H2,1-3H3/t11-/m0/s1. The molecule has 1 aliphatic rings. The summed E-state index contributed by atoms with van der Waals surface area (Å²) in [6.45, 7) is 4.80. The maximum absolute atomic E-state index is 11.7. The van der Waals surface area contributed by atoms with Crippen LogP contribution >= 0.6 is 11.8 Å². The molecule has 0 N–H and O–H groups in total. The third kappa shape index (κ3) is 3.52. The molecule has 1 saturated heterocycles. The molecule has 1 rings (SSSR count). The number of nitrogens with zero attached hydrogens (tertiary/aromatic N) is 1. The molecule has 1 heterocycles. The zero-order valence-corrected chi connectivity index (χ0v) is 11.3. The number of amides is 1. The Hall–Kier alpha value is -0.910. The average Bonchev–Trinajstić information content (AvgIpc) is 2.69. The zero-order chi connectivity index (χ0) is 12.9. The van der Waals surface area contributed by atoms with Crippen LogP contribution in [0.5, 0.6) is 0 Å². The van der Waals surface area contributed by atoms with Gasteiger partial charge in [-0.2, -0.15) is 0 Å². The summed E-state index contributed by atoms with van der Waals surface area (Å²) >= 11 is 1.43. The first-order chi connectivity index (χ1) is 8.03. The predicted molar refractivity (Wildman–Crippen MR) is 65.8 cm³/mol. The van der Waals surface area contributed by atoms with E-state index < -0.39 is 0 Å². The molecule has 0 aromatic rings. The minimum atomic E-state index is -0.361. The van der Waals surface area contributed by atoms with Crippen LogP contribution in [0.15, 0.2) is 0 Å². The number of methoxy groups -OCH3 is 1. The molecule has 5 nitrogen and oxygen atoms in total. The largest absolute Gasteiger partial charge is 0.468 e. The van der Waals surface area contributed by atoms with Gasteiger partial charge in [0.05, 0.1) is 24.3 Å². The SMILES string of the molecule is CCOC(=O)N1CCC[C@]1(C)SCC(=O)OC. The van der Waals surface area contributed by atoms with Crippen LogP contribution in [0, 0.1) is 0 Å². The Bertz CT molecular complexity index is 297. The fourth-order valence-corrected chi connectivity index (χ4v) is 3.00. The number of likely N-dealkylation sites (tertiary alicyclic amines) is 1. The maximum atomic E-state index is 11.7. The molecule has 17 heavy (non-hydrogen) atoms. The Morgan fingerprint density at radius 3 is 2.76 bits per heavy atom. The summed E-state index contributed by atoms with van der Waals surface area (Å²) in [5.41, 5.74) is 0. The van der Waals surface area contributed by atoms with Crippen LogP contribution in [-0.4, -0.2) is 47.8 Å². The van der Waals surface area contributed by atoms with Crippen molar-refractivity contribution in [2.75, 3.05) is 26.0 Å². The number of ether oxygens (including phenoxy) is 2. The second-order valence-corrected chi connectivity index (χ2v) is 5.45. The van der Waals surface area contributed by atoms with Crippen LogP contribution in [0.2, 0.25) is 0 Å². The van der Waals surface area contributed by atoms with E-state index >= 15 is 0 Å². The molecule has 1 atom stereocenters. The molecule has 0 bridgehead atoms. The molecule has 1 fully saturated rings. The van der Waals surface area contributed by atoms with Crippen LogP contribution in [-0.2, 0) is 14.3 Å². The van der Waals surface area contributed by atoms with Gasteiger partial charge in [-0.15, -0.1) is 11.8 Å². The van der Waals surface area contributed by atoms with E-state index in [1.54, 1.807) is 11.8 Å². The van der Waals surface area contributed by atoms with Gasteiger partial charge in [0, 0.05) is 6.54 Å². The molecule has 0 aromatic heterocycles. The molecule has 0 aromatic carbocycles. The first-order valence-electron chi connectivity index (χ1n) is 5.68. The van der Waals surface area contributed by atoms with Crippen molar-refractivity contribution in [3.05, 3.63) is 0 Å². The van der Waals surface area contributed by atoms with Gasteiger partial charge in [-0.1, -0.05) is 0 Å². The van der Waals surface area contributed by atoms with Crippen molar-refractivity contribution in [1.29, 1.82) is 0 Å². The molecule has 0 saturated carbocycles. The average molecular weight is 261 g/mol. The molecule has 0 aliphatic carbocycles. The monoisotopic (exact) mass is 261 g/mol. The number of thioether (sulfide) groups is 1. The first-order valence-corrected chi connectivity index (χ1v) is 6.67. The normalized spacial score (nSPS) is 23.6. The summed E-state index contributed by atoms with van der Waals surface area (Å²) in [6, 6.07) is 0. The van der Waals surface area contributed by atoms with E-state index in [-0.39, 0.29) is 22.7 Å². The number of carbonyl (C=O) groups is 2. The minimum Gasteiger partial charge on any atom is -0.468 e. The lowest BCUT2D eigenvalue weighted by molar-refractivity contribution is -0.137. The van der Waals surface area contributed by atoms with Crippen LogP contribution in [0.1, 0.15) is 26.7 Å². The predicted octanol–water partition coefficient (Wildman–Crippen LogP) is 1.86. The lowest BCUT2D eigenvalue weighted by atomic mass is 10.2. The highest BCUT2D eigenvalue weighted by atomic mass is 32.2. The van der Waals surface area contributed by atoms with Crippen LogP contribution in [0.4, 0.5) is 4.79 Å². The molecule has 0 radical (unpaired) electrons. The molecule has 0 unspecified atom stereocenters. The van der Waals surface area contributed by atoms with Gasteiger partial charge in [-0.25, -0.2) is 4.79 Å². The van der Waals surface area contributed by atoms with Gasteiger partial charge in [-0.05, 0) is 26.7 Å². The summed E-state index contributed by atoms with van der Waals surface area (Å²) in [6.07, 6.45) is 1.50. The minimum absolute atomic E-state index is 0.253. The van der Waals surface area contributed by atoms with Gasteiger partial charge in [0.2, 0.25) is 0 Å². The maximum Gasteiger partial charge on any atom is 0.410 e.